The Morgan fingerprint density at radius 1 is 1.19 bits per heavy atom. The van der Waals surface area contributed by atoms with Crippen LogP contribution in [0.2, 0.25) is 0 Å². The van der Waals surface area contributed by atoms with Crippen LogP contribution in [0.1, 0.15) is 30.8 Å². The Hall–Kier alpha value is -2.18. The van der Waals surface area contributed by atoms with E-state index in [0.29, 0.717) is 23.5 Å². The van der Waals surface area contributed by atoms with Crippen molar-refractivity contribution < 1.29 is 9.32 Å². The van der Waals surface area contributed by atoms with Gasteiger partial charge in [-0.1, -0.05) is 35.5 Å². The quantitative estimate of drug-likeness (QED) is 0.783. The number of benzene rings is 1. The lowest BCUT2D eigenvalue weighted by molar-refractivity contribution is 0.0288. The van der Waals surface area contributed by atoms with Gasteiger partial charge in [0, 0.05) is 43.3 Å². The molecule has 2 aromatic rings. The third-order valence-corrected chi connectivity index (χ3v) is 5.20. The number of rotatable bonds is 6. The first-order valence-corrected chi connectivity index (χ1v) is 9.67. The highest BCUT2D eigenvalue weighted by atomic mass is 16.5. The van der Waals surface area contributed by atoms with Gasteiger partial charge in [0.25, 0.3) is 5.91 Å². The van der Waals surface area contributed by atoms with Crippen molar-refractivity contribution in [3.8, 4) is 11.3 Å². The first kappa shape index (κ1) is 19.6. The number of carbonyl (C=O) groups is 1. The van der Waals surface area contributed by atoms with Crippen molar-refractivity contribution in [3.05, 3.63) is 42.1 Å². The Morgan fingerprint density at radius 3 is 2.48 bits per heavy atom. The molecule has 1 saturated heterocycles. The minimum absolute atomic E-state index is 0.0485. The highest BCUT2D eigenvalue weighted by Gasteiger charge is 2.32. The zero-order valence-electron chi connectivity index (χ0n) is 16.8. The molecular weight excluding hydrogens is 340 g/mol. The number of hydrogen-bond acceptors (Lipinski definition) is 5. The summed E-state index contributed by atoms with van der Waals surface area (Å²) in [5.74, 6) is 0.579. The van der Waals surface area contributed by atoms with Crippen LogP contribution in [-0.2, 0) is 0 Å². The number of amides is 1. The third-order valence-electron chi connectivity index (χ3n) is 5.20. The van der Waals surface area contributed by atoms with Crippen molar-refractivity contribution in [1.82, 2.24) is 19.9 Å². The van der Waals surface area contributed by atoms with Crippen LogP contribution in [0.25, 0.3) is 11.3 Å². The second-order valence-electron chi connectivity index (χ2n) is 7.75. The Morgan fingerprint density at radius 2 is 1.85 bits per heavy atom. The highest BCUT2D eigenvalue weighted by Crippen LogP contribution is 2.22. The van der Waals surface area contributed by atoms with Crippen molar-refractivity contribution in [2.75, 3.05) is 40.3 Å². The van der Waals surface area contributed by atoms with Crippen LogP contribution < -0.4 is 0 Å². The van der Waals surface area contributed by atoms with E-state index in [9.17, 15) is 4.79 Å². The monoisotopic (exact) mass is 370 g/mol. The molecule has 6 heteroatoms. The summed E-state index contributed by atoms with van der Waals surface area (Å²) in [7, 11) is 4.20. The number of nitrogens with zero attached hydrogens (tertiary/aromatic N) is 4. The second kappa shape index (κ2) is 8.67. The summed E-state index contributed by atoms with van der Waals surface area (Å²) in [6.45, 7) is 7.98. The Balaban J connectivity index is 1.62. The SMILES string of the molecule is CC1CN(C(=O)c2cc(-c3ccccc3)on2)CC(C)N1CCCN(C)C. The molecule has 27 heavy (non-hydrogen) atoms. The van der Waals surface area contributed by atoms with Gasteiger partial charge in [-0.3, -0.25) is 9.69 Å². The highest BCUT2D eigenvalue weighted by molar-refractivity contribution is 5.93. The molecule has 1 aromatic carbocycles. The minimum Gasteiger partial charge on any atom is -0.355 e. The van der Waals surface area contributed by atoms with E-state index < -0.39 is 0 Å². The summed E-state index contributed by atoms with van der Waals surface area (Å²) < 4.78 is 5.40. The van der Waals surface area contributed by atoms with E-state index in [4.69, 9.17) is 4.52 Å². The number of piperazine rings is 1. The van der Waals surface area contributed by atoms with Gasteiger partial charge in [-0.2, -0.15) is 0 Å². The molecule has 1 amide bonds. The molecule has 1 aliphatic heterocycles. The summed E-state index contributed by atoms with van der Waals surface area (Å²) in [4.78, 5) is 19.5. The molecule has 2 atom stereocenters. The van der Waals surface area contributed by atoms with E-state index in [1.165, 1.54) is 0 Å². The molecule has 0 radical (unpaired) electrons. The van der Waals surface area contributed by atoms with E-state index in [-0.39, 0.29) is 5.91 Å². The van der Waals surface area contributed by atoms with Crippen LogP contribution in [0, 0.1) is 0 Å². The van der Waals surface area contributed by atoms with Crippen LogP contribution in [0.3, 0.4) is 0 Å². The second-order valence-corrected chi connectivity index (χ2v) is 7.75. The molecule has 1 fully saturated rings. The average molecular weight is 370 g/mol. The summed E-state index contributed by atoms with van der Waals surface area (Å²) in [6, 6.07) is 12.1. The predicted octanol–water partition coefficient (Wildman–Crippen LogP) is 2.83. The van der Waals surface area contributed by atoms with Crippen LogP contribution in [0.15, 0.2) is 40.9 Å². The Labute approximate surface area is 161 Å². The number of carbonyl (C=O) groups excluding carboxylic acids is 1. The summed E-state index contributed by atoms with van der Waals surface area (Å²) in [5, 5.41) is 4.02. The van der Waals surface area contributed by atoms with Gasteiger partial charge in [0.2, 0.25) is 0 Å². The lowest BCUT2D eigenvalue weighted by Crippen LogP contribution is -2.58. The largest absolute Gasteiger partial charge is 0.355 e. The van der Waals surface area contributed by atoms with Gasteiger partial charge in [0.1, 0.15) is 0 Å². The third kappa shape index (κ3) is 4.76. The van der Waals surface area contributed by atoms with Gasteiger partial charge in [0.15, 0.2) is 11.5 Å². The molecule has 6 nitrogen and oxygen atoms in total. The molecule has 0 bridgehead atoms. The molecule has 146 valence electrons. The van der Waals surface area contributed by atoms with Crippen molar-refractivity contribution in [3.63, 3.8) is 0 Å². The topological polar surface area (TPSA) is 52.8 Å². The van der Waals surface area contributed by atoms with Gasteiger partial charge in [-0.15, -0.1) is 0 Å². The number of aromatic nitrogens is 1. The summed E-state index contributed by atoms with van der Waals surface area (Å²) in [5.41, 5.74) is 1.31. The molecule has 1 aliphatic rings. The molecule has 0 N–H and O–H groups in total. The molecule has 3 rings (SSSR count). The van der Waals surface area contributed by atoms with Gasteiger partial charge in [0.05, 0.1) is 0 Å². The first-order chi connectivity index (χ1) is 13.0. The zero-order valence-corrected chi connectivity index (χ0v) is 16.8. The smallest absolute Gasteiger partial charge is 0.276 e. The molecular formula is C21H30N4O2. The van der Waals surface area contributed by atoms with Crippen LogP contribution in [-0.4, -0.2) is 78.1 Å². The van der Waals surface area contributed by atoms with E-state index >= 15 is 0 Å². The maximum Gasteiger partial charge on any atom is 0.276 e. The lowest BCUT2D eigenvalue weighted by Gasteiger charge is -2.44. The molecule has 0 spiro atoms. The average Bonchev–Trinajstić information content (AvgIpc) is 3.14. The normalized spacial score (nSPS) is 21.0. The Bertz CT molecular complexity index is 732. The maximum absolute atomic E-state index is 12.9. The molecule has 0 saturated carbocycles. The molecule has 0 aliphatic carbocycles. The fourth-order valence-corrected chi connectivity index (χ4v) is 3.81. The van der Waals surface area contributed by atoms with Crippen LogP contribution in [0.4, 0.5) is 0 Å². The van der Waals surface area contributed by atoms with Gasteiger partial charge < -0.3 is 14.3 Å². The van der Waals surface area contributed by atoms with E-state index in [0.717, 1.165) is 38.2 Å². The predicted molar refractivity (Wildman–Crippen MR) is 107 cm³/mol. The van der Waals surface area contributed by atoms with Crippen molar-refractivity contribution >= 4 is 5.91 Å². The van der Waals surface area contributed by atoms with Crippen LogP contribution >= 0.6 is 0 Å². The van der Waals surface area contributed by atoms with E-state index in [1.807, 2.05) is 35.2 Å². The zero-order chi connectivity index (χ0) is 19.4. The fraction of sp³-hybridized carbons (Fsp3) is 0.524. The fourth-order valence-electron chi connectivity index (χ4n) is 3.81. The summed E-state index contributed by atoms with van der Waals surface area (Å²) >= 11 is 0. The van der Waals surface area contributed by atoms with Crippen molar-refractivity contribution in [2.24, 2.45) is 0 Å². The number of hydrogen-bond donors (Lipinski definition) is 0. The maximum atomic E-state index is 12.9. The van der Waals surface area contributed by atoms with E-state index in [2.05, 4.69) is 42.9 Å². The molecule has 1 aromatic heterocycles. The van der Waals surface area contributed by atoms with Gasteiger partial charge >= 0.3 is 0 Å². The van der Waals surface area contributed by atoms with Crippen LogP contribution in [0.5, 0.6) is 0 Å². The standard InChI is InChI=1S/C21H30N4O2/c1-16-14-24(15-17(2)25(16)12-8-11-23(3)4)21(26)19-13-20(27-22-19)18-9-6-5-7-10-18/h5-7,9-10,13,16-17H,8,11-12,14-15H2,1-4H3. The van der Waals surface area contributed by atoms with Gasteiger partial charge in [-0.25, -0.2) is 0 Å². The van der Waals surface area contributed by atoms with E-state index in [1.54, 1.807) is 6.07 Å². The van der Waals surface area contributed by atoms with Crippen molar-refractivity contribution in [1.29, 1.82) is 0 Å². The van der Waals surface area contributed by atoms with Gasteiger partial charge in [-0.05, 0) is 40.9 Å². The molecule has 2 heterocycles. The lowest BCUT2D eigenvalue weighted by atomic mass is 10.1. The molecule has 2 unspecified atom stereocenters. The first-order valence-electron chi connectivity index (χ1n) is 9.67. The Kier molecular flexibility index (Phi) is 6.29. The minimum atomic E-state index is -0.0485. The van der Waals surface area contributed by atoms with Crippen molar-refractivity contribution in [2.45, 2.75) is 32.4 Å². The summed E-state index contributed by atoms with van der Waals surface area (Å²) in [6.07, 6.45) is 1.14.